The lowest BCUT2D eigenvalue weighted by molar-refractivity contribution is -0.144. The molecule has 1 aliphatic carbocycles. The number of carbonyl (C=O) groups excluding carboxylic acids is 5. The number of likely N-dealkylation sites (tertiary alicyclic amines) is 1. The van der Waals surface area contributed by atoms with Gasteiger partial charge in [0.1, 0.15) is 24.2 Å². The van der Waals surface area contributed by atoms with Crippen LogP contribution in [0.15, 0.2) is 60.4 Å². The molecule has 436 valence electrons. The third kappa shape index (κ3) is 17.7. The number of hydrogen-bond donors (Lipinski definition) is 6. The van der Waals surface area contributed by atoms with E-state index in [0.717, 1.165) is 38.6 Å². The lowest BCUT2D eigenvalue weighted by Crippen LogP contribution is -2.57. The van der Waals surface area contributed by atoms with Gasteiger partial charge < -0.3 is 65.1 Å². The summed E-state index contributed by atoms with van der Waals surface area (Å²) in [4.78, 5) is 86.8. The zero-order valence-electron chi connectivity index (χ0n) is 46.6. The fraction of sp³-hybridized carbons (Fsp3) is 0.579. The molecular formula is C57H79ClN10O11S. The van der Waals surface area contributed by atoms with Crippen molar-refractivity contribution in [3.8, 4) is 10.4 Å². The molecule has 21 nitrogen and oxygen atoms in total. The maximum Gasteiger partial charge on any atom is 0.246 e. The van der Waals surface area contributed by atoms with Gasteiger partial charge in [-0.15, -0.1) is 11.3 Å². The highest BCUT2D eigenvalue weighted by Crippen LogP contribution is 2.43. The van der Waals surface area contributed by atoms with E-state index in [1.54, 1.807) is 23.5 Å². The second-order valence-electron chi connectivity index (χ2n) is 21.5. The van der Waals surface area contributed by atoms with Crippen LogP contribution in [0, 0.1) is 12.3 Å². The van der Waals surface area contributed by atoms with Gasteiger partial charge in [0.25, 0.3) is 0 Å². The van der Waals surface area contributed by atoms with Gasteiger partial charge in [-0.25, -0.2) is 15.0 Å². The normalized spacial score (nSPS) is 18.9. The van der Waals surface area contributed by atoms with Gasteiger partial charge in [0, 0.05) is 88.8 Å². The number of hydrogen-bond acceptors (Lipinski definition) is 17. The van der Waals surface area contributed by atoms with Gasteiger partial charge in [-0.3, -0.25) is 24.0 Å². The van der Waals surface area contributed by atoms with Crippen molar-refractivity contribution in [1.29, 1.82) is 0 Å². The molecule has 0 bridgehead atoms. The van der Waals surface area contributed by atoms with Gasteiger partial charge in [0.2, 0.25) is 29.5 Å². The zero-order chi connectivity index (χ0) is 57.2. The molecule has 0 spiro atoms. The first-order valence-electron chi connectivity index (χ1n) is 27.6. The van der Waals surface area contributed by atoms with E-state index in [1.165, 1.54) is 11.2 Å². The molecule has 23 heteroatoms. The Balaban J connectivity index is 0.692. The number of nitrogens with zero attached hydrogens (tertiary/aromatic N) is 6. The molecule has 2 saturated heterocycles. The van der Waals surface area contributed by atoms with Gasteiger partial charge in [-0.2, -0.15) is 0 Å². The Morgan fingerprint density at radius 2 is 1.44 bits per heavy atom. The van der Waals surface area contributed by atoms with Gasteiger partial charge in [0.15, 0.2) is 0 Å². The van der Waals surface area contributed by atoms with Crippen molar-refractivity contribution in [3.63, 3.8) is 0 Å². The summed E-state index contributed by atoms with van der Waals surface area (Å²) in [7, 11) is 0. The number of piperazine rings is 1. The Morgan fingerprint density at radius 3 is 2.09 bits per heavy atom. The Kier molecular flexibility index (Phi) is 23.5. The molecule has 0 saturated carbocycles. The molecule has 7 rings (SSSR count). The average Bonchev–Trinajstić information content (AvgIpc) is 4.18. The number of ether oxygens (including phenoxy) is 4. The molecule has 2 aliphatic heterocycles. The van der Waals surface area contributed by atoms with Crippen LogP contribution in [0.5, 0.6) is 0 Å². The highest BCUT2D eigenvalue weighted by Gasteiger charge is 2.44. The molecule has 2 aromatic carbocycles. The molecule has 3 aliphatic rings. The van der Waals surface area contributed by atoms with Crippen LogP contribution in [0.4, 0.5) is 5.82 Å². The first kappa shape index (κ1) is 61.9. The van der Waals surface area contributed by atoms with E-state index in [1.807, 2.05) is 74.5 Å². The van der Waals surface area contributed by atoms with Crippen molar-refractivity contribution in [2.75, 3.05) is 110 Å². The molecule has 0 radical (unpaired) electrons. The maximum atomic E-state index is 14.0. The first-order chi connectivity index (χ1) is 38.5. The zero-order valence-corrected chi connectivity index (χ0v) is 48.2. The highest BCUT2D eigenvalue weighted by molar-refractivity contribution is 7.13. The van der Waals surface area contributed by atoms with E-state index in [4.69, 9.17) is 30.5 Å². The van der Waals surface area contributed by atoms with Crippen LogP contribution in [0.25, 0.3) is 10.4 Å². The number of fused-ring (bicyclic) bond motifs is 1. The molecule has 6 N–H and O–H groups in total. The molecule has 5 amide bonds. The summed E-state index contributed by atoms with van der Waals surface area (Å²) < 4.78 is 22.4. The van der Waals surface area contributed by atoms with Crippen LogP contribution in [0.1, 0.15) is 99.4 Å². The monoisotopic (exact) mass is 1150 g/mol. The number of aliphatic hydroxyl groups is 2. The van der Waals surface area contributed by atoms with Crippen molar-refractivity contribution in [1.82, 2.24) is 46.0 Å². The summed E-state index contributed by atoms with van der Waals surface area (Å²) in [6.45, 7) is 15.4. The number of β-amino-alcohol motifs (C(OH)–C–C–N with tert-alkyl or cyclic N) is 1. The predicted octanol–water partition coefficient (Wildman–Crippen LogP) is 3.90. The number of amides is 5. The molecule has 2 aromatic heterocycles. The highest BCUT2D eigenvalue weighted by atomic mass is 35.5. The van der Waals surface area contributed by atoms with Gasteiger partial charge >= 0.3 is 0 Å². The topological polar surface area (TPSA) is 259 Å². The van der Waals surface area contributed by atoms with Crippen LogP contribution in [-0.4, -0.2) is 188 Å². The van der Waals surface area contributed by atoms with Crippen LogP contribution < -0.4 is 26.2 Å². The fourth-order valence-electron chi connectivity index (χ4n) is 10.1. The molecule has 0 unspecified atom stereocenters. The number of thiazole rings is 1. The number of rotatable bonds is 29. The molecule has 80 heavy (non-hydrogen) atoms. The summed E-state index contributed by atoms with van der Waals surface area (Å²) in [5.41, 5.74) is 6.54. The predicted molar refractivity (Wildman–Crippen MR) is 303 cm³/mol. The quantitative estimate of drug-likeness (QED) is 0.0422. The number of anilines is 1. The number of aliphatic hydroxyl groups excluding tert-OH is 2. The maximum absolute atomic E-state index is 14.0. The average molecular weight is 1150 g/mol. The van der Waals surface area contributed by atoms with Crippen LogP contribution >= 0.6 is 22.9 Å². The largest absolute Gasteiger partial charge is 0.391 e. The number of carbonyl (C=O) groups is 5. The summed E-state index contributed by atoms with van der Waals surface area (Å²) >= 11 is 7.76. The minimum Gasteiger partial charge on any atom is -0.391 e. The Bertz CT molecular complexity index is 2650. The lowest BCUT2D eigenvalue weighted by Gasteiger charge is -2.38. The fourth-order valence-corrected chi connectivity index (χ4v) is 11.0. The molecular weight excluding hydrogens is 1070 g/mol. The molecule has 6 atom stereocenters. The number of aromatic nitrogens is 3. The lowest BCUT2D eigenvalue weighted by atomic mass is 9.85. The third-order valence-corrected chi connectivity index (χ3v) is 15.7. The summed E-state index contributed by atoms with van der Waals surface area (Å²) in [6, 6.07) is 13.3. The first-order valence-corrected chi connectivity index (χ1v) is 28.9. The smallest absolute Gasteiger partial charge is 0.246 e. The van der Waals surface area contributed by atoms with Crippen molar-refractivity contribution < 1.29 is 53.1 Å². The summed E-state index contributed by atoms with van der Waals surface area (Å²) in [5, 5.41) is 33.6. The number of nitrogens with one attached hydrogen (secondary N) is 4. The van der Waals surface area contributed by atoms with Crippen LogP contribution in [0.2, 0.25) is 5.02 Å². The van der Waals surface area contributed by atoms with Crippen LogP contribution in [0.3, 0.4) is 0 Å². The Hall–Kier alpha value is -5.69. The van der Waals surface area contributed by atoms with E-state index >= 15 is 0 Å². The molecule has 2 fully saturated rings. The van der Waals surface area contributed by atoms with Gasteiger partial charge in [-0.1, -0.05) is 75.7 Å². The number of aryl methyl sites for hydroxylation is 1. The SMILES string of the molecule is Cc1ncsc1-c1ccc(CNC(=O)[C@@H]2C[C@@H](O)CN2C(=O)[C@@H](NC(=O)CCOCCOCCOCCOCCNC(=O)CCNC[C@@H](C(=O)N2CCN(c3ncnc4c3[C@H](C)C[C@H]4O)CC2)c2ccc(Cl)cc2)C(C)(C)C)cc1. The number of halogens is 1. The Morgan fingerprint density at radius 1 is 0.775 bits per heavy atom. The second kappa shape index (κ2) is 30.4. The van der Waals surface area contributed by atoms with E-state index < -0.39 is 41.5 Å². The minimum absolute atomic E-state index is 0.00205. The van der Waals surface area contributed by atoms with Crippen LogP contribution in [-0.2, 0) is 49.5 Å². The van der Waals surface area contributed by atoms with Crippen molar-refractivity contribution in [2.45, 2.75) is 103 Å². The third-order valence-electron chi connectivity index (χ3n) is 14.5. The van der Waals surface area contributed by atoms with Crippen molar-refractivity contribution in [3.05, 3.63) is 93.5 Å². The molecule has 4 aromatic rings. The second-order valence-corrected chi connectivity index (χ2v) is 22.8. The standard InChI is InChI=1S/C57H79ClN10O11S/c1-37-30-46(70)50-49(37)53(63-35-62-50)66-18-20-67(21-19-66)55(74)44(40-10-12-42(58)13-11-40)33-59-16-14-47(71)60-17-23-77-25-27-79-29-28-78-26-24-76-22-15-48(72)65-52(57(3,4)5)56(75)68-34-43(69)31-45(68)54(73)61-32-39-6-8-41(9-7-39)51-38(2)64-36-80-51/h6-13,35-37,43-46,52,59,69-70H,14-34H2,1-5H3,(H,60,71)(H,61,73)(H,65,72)/t37-,43-,44-,45+,46-,52-/m1/s1. The minimum atomic E-state index is -0.944. The summed E-state index contributed by atoms with van der Waals surface area (Å²) in [6.07, 6.45) is 1.00. The number of benzene rings is 2. The van der Waals surface area contributed by atoms with E-state index in [2.05, 4.69) is 48.0 Å². The molecule has 4 heterocycles. The van der Waals surface area contributed by atoms with E-state index in [9.17, 15) is 34.2 Å². The summed E-state index contributed by atoms with van der Waals surface area (Å²) in [5.74, 6) is -0.805. The van der Waals surface area contributed by atoms with Gasteiger partial charge in [-0.05, 0) is 53.5 Å². The van der Waals surface area contributed by atoms with E-state index in [-0.39, 0.29) is 81.7 Å². The van der Waals surface area contributed by atoms with Gasteiger partial charge in [0.05, 0.1) is 92.8 Å². The van der Waals surface area contributed by atoms with Crippen molar-refractivity contribution >= 4 is 58.3 Å². The van der Waals surface area contributed by atoms with E-state index in [0.29, 0.717) is 96.0 Å². The van der Waals surface area contributed by atoms with Crippen molar-refractivity contribution in [2.24, 2.45) is 5.41 Å². The Labute approximate surface area is 477 Å².